The van der Waals surface area contributed by atoms with Crippen LogP contribution < -0.4 is 5.32 Å². The standard InChI is InChI=1S/C15H18ClN3O2S/c1-9(12(20)17-15(2,3)4)22-14-19-18-13(21-14)10-6-5-7-11(16)8-10/h5-9H,1-4H3,(H,17,20)/t9-/m1/s1. The van der Waals surface area contributed by atoms with Gasteiger partial charge in [-0.3, -0.25) is 4.79 Å². The second-order valence-electron chi connectivity index (χ2n) is 5.88. The molecule has 0 fully saturated rings. The summed E-state index contributed by atoms with van der Waals surface area (Å²) in [6, 6.07) is 7.17. The van der Waals surface area contributed by atoms with Gasteiger partial charge in [-0.15, -0.1) is 10.2 Å². The number of amides is 1. The van der Waals surface area contributed by atoms with Crippen LogP contribution in [-0.2, 0) is 4.79 Å². The maximum atomic E-state index is 12.0. The fourth-order valence-corrected chi connectivity index (χ4v) is 2.55. The maximum absolute atomic E-state index is 12.0. The topological polar surface area (TPSA) is 68.0 Å². The Morgan fingerprint density at radius 3 is 2.73 bits per heavy atom. The molecule has 0 radical (unpaired) electrons. The summed E-state index contributed by atoms with van der Waals surface area (Å²) in [5.41, 5.74) is 0.478. The minimum Gasteiger partial charge on any atom is -0.411 e. The molecule has 0 bridgehead atoms. The largest absolute Gasteiger partial charge is 0.411 e. The number of carbonyl (C=O) groups excluding carboxylic acids is 1. The highest BCUT2D eigenvalue weighted by molar-refractivity contribution is 8.00. The van der Waals surface area contributed by atoms with Gasteiger partial charge in [-0.1, -0.05) is 29.4 Å². The quantitative estimate of drug-likeness (QED) is 0.858. The molecular weight excluding hydrogens is 322 g/mol. The molecule has 1 heterocycles. The van der Waals surface area contributed by atoms with Crippen molar-refractivity contribution in [1.82, 2.24) is 15.5 Å². The van der Waals surface area contributed by atoms with E-state index in [2.05, 4.69) is 15.5 Å². The van der Waals surface area contributed by atoms with Gasteiger partial charge in [0.1, 0.15) is 0 Å². The van der Waals surface area contributed by atoms with Crippen LogP contribution >= 0.6 is 23.4 Å². The van der Waals surface area contributed by atoms with Crippen molar-refractivity contribution in [2.24, 2.45) is 0 Å². The van der Waals surface area contributed by atoms with Crippen LogP contribution in [0.5, 0.6) is 0 Å². The number of halogens is 1. The lowest BCUT2D eigenvalue weighted by atomic mass is 10.1. The van der Waals surface area contributed by atoms with E-state index < -0.39 is 0 Å². The first kappa shape index (κ1) is 16.8. The van der Waals surface area contributed by atoms with Crippen molar-refractivity contribution >= 4 is 29.3 Å². The van der Waals surface area contributed by atoms with Crippen LogP contribution in [0, 0.1) is 0 Å². The van der Waals surface area contributed by atoms with Gasteiger partial charge in [0, 0.05) is 16.1 Å². The number of thioether (sulfide) groups is 1. The fourth-order valence-electron chi connectivity index (χ4n) is 1.67. The number of rotatable bonds is 4. The number of nitrogens with one attached hydrogen (secondary N) is 1. The zero-order valence-electron chi connectivity index (χ0n) is 12.9. The van der Waals surface area contributed by atoms with Crippen LogP contribution in [0.3, 0.4) is 0 Å². The Balaban J connectivity index is 2.04. The van der Waals surface area contributed by atoms with E-state index in [0.29, 0.717) is 16.1 Å². The molecule has 1 atom stereocenters. The number of nitrogens with zero attached hydrogens (tertiary/aromatic N) is 2. The molecule has 0 aliphatic rings. The molecule has 118 valence electrons. The van der Waals surface area contributed by atoms with Gasteiger partial charge < -0.3 is 9.73 Å². The van der Waals surface area contributed by atoms with Crippen molar-refractivity contribution in [3.8, 4) is 11.5 Å². The highest BCUT2D eigenvalue weighted by atomic mass is 35.5. The van der Waals surface area contributed by atoms with Gasteiger partial charge in [-0.2, -0.15) is 0 Å². The molecule has 1 aromatic heterocycles. The number of carbonyl (C=O) groups is 1. The SMILES string of the molecule is C[C@@H](Sc1nnc(-c2cccc(Cl)c2)o1)C(=O)NC(C)(C)C. The number of hydrogen-bond acceptors (Lipinski definition) is 5. The van der Waals surface area contributed by atoms with Crippen LogP contribution in [-0.4, -0.2) is 26.9 Å². The summed E-state index contributed by atoms with van der Waals surface area (Å²) < 4.78 is 5.58. The summed E-state index contributed by atoms with van der Waals surface area (Å²) >= 11 is 7.17. The van der Waals surface area contributed by atoms with Crippen molar-refractivity contribution in [3.63, 3.8) is 0 Å². The molecule has 1 aromatic carbocycles. The van der Waals surface area contributed by atoms with Gasteiger partial charge in [-0.25, -0.2) is 0 Å². The van der Waals surface area contributed by atoms with Crippen molar-refractivity contribution in [2.45, 2.75) is 43.7 Å². The van der Waals surface area contributed by atoms with Crippen LogP contribution in [0.15, 0.2) is 33.9 Å². The van der Waals surface area contributed by atoms with Crippen LogP contribution in [0.4, 0.5) is 0 Å². The molecule has 22 heavy (non-hydrogen) atoms. The van der Waals surface area contributed by atoms with E-state index in [0.717, 1.165) is 5.56 Å². The minimum absolute atomic E-state index is 0.0694. The second kappa shape index (κ2) is 6.71. The summed E-state index contributed by atoms with van der Waals surface area (Å²) in [4.78, 5) is 12.0. The average Bonchev–Trinajstić information content (AvgIpc) is 2.85. The van der Waals surface area contributed by atoms with Crippen molar-refractivity contribution < 1.29 is 9.21 Å². The molecule has 1 amide bonds. The molecule has 0 aliphatic carbocycles. The molecular formula is C15H18ClN3O2S. The van der Waals surface area contributed by atoms with Crippen LogP contribution in [0.1, 0.15) is 27.7 Å². The smallest absolute Gasteiger partial charge is 0.277 e. The van der Waals surface area contributed by atoms with Crippen molar-refractivity contribution in [2.75, 3.05) is 0 Å². The minimum atomic E-state index is -0.327. The Kier molecular flexibility index (Phi) is 5.13. The Bertz CT molecular complexity index is 667. The highest BCUT2D eigenvalue weighted by Crippen LogP contribution is 2.27. The van der Waals surface area contributed by atoms with E-state index in [1.165, 1.54) is 11.8 Å². The third-order valence-corrected chi connectivity index (χ3v) is 3.79. The highest BCUT2D eigenvalue weighted by Gasteiger charge is 2.22. The molecule has 2 rings (SSSR count). The molecule has 0 aliphatic heterocycles. The van der Waals surface area contributed by atoms with E-state index >= 15 is 0 Å². The fraction of sp³-hybridized carbons (Fsp3) is 0.400. The van der Waals surface area contributed by atoms with E-state index in [-0.39, 0.29) is 16.7 Å². The molecule has 0 unspecified atom stereocenters. The molecule has 1 N–H and O–H groups in total. The van der Waals surface area contributed by atoms with Crippen LogP contribution in [0.25, 0.3) is 11.5 Å². The lowest BCUT2D eigenvalue weighted by Gasteiger charge is -2.22. The third kappa shape index (κ3) is 4.74. The van der Waals surface area contributed by atoms with E-state index in [1.807, 2.05) is 32.9 Å². The van der Waals surface area contributed by atoms with Gasteiger partial charge >= 0.3 is 0 Å². The summed E-state index contributed by atoms with van der Waals surface area (Å²) in [6.07, 6.45) is 0. The van der Waals surface area contributed by atoms with Crippen LogP contribution in [0.2, 0.25) is 5.02 Å². The molecule has 5 nitrogen and oxygen atoms in total. The normalized spacial score (nSPS) is 13.0. The lowest BCUT2D eigenvalue weighted by Crippen LogP contribution is -2.44. The van der Waals surface area contributed by atoms with Gasteiger partial charge in [0.15, 0.2) is 0 Å². The summed E-state index contributed by atoms with van der Waals surface area (Å²) in [5.74, 6) is 0.313. The van der Waals surface area contributed by atoms with E-state index in [9.17, 15) is 4.79 Å². The molecule has 2 aromatic rings. The summed E-state index contributed by atoms with van der Waals surface area (Å²) in [6.45, 7) is 7.61. The Labute approximate surface area is 138 Å². The predicted octanol–water partition coefficient (Wildman–Crippen LogP) is 3.79. The van der Waals surface area contributed by atoms with Crippen molar-refractivity contribution in [1.29, 1.82) is 0 Å². The Morgan fingerprint density at radius 2 is 2.09 bits per heavy atom. The first-order valence-electron chi connectivity index (χ1n) is 6.83. The van der Waals surface area contributed by atoms with E-state index in [4.69, 9.17) is 16.0 Å². The zero-order chi connectivity index (χ0) is 16.3. The molecule has 0 saturated heterocycles. The first-order chi connectivity index (χ1) is 10.2. The molecule has 0 spiro atoms. The molecule has 7 heteroatoms. The lowest BCUT2D eigenvalue weighted by molar-refractivity contribution is -0.121. The van der Waals surface area contributed by atoms with E-state index in [1.54, 1.807) is 19.1 Å². The monoisotopic (exact) mass is 339 g/mol. The van der Waals surface area contributed by atoms with Gasteiger partial charge in [0.25, 0.3) is 5.22 Å². The maximum Gasteiger partial charge on any atom is 0.277 e. The van der Waals surface area contributed by atoms with Gasteiger partial charge in [0.2, 0.25) is 11.8 Å². The summed E-state index contributed by atoms with van der Waals surface area (Å²) in [5, 5.41) is 11.5. The molecule has 0 saturated carbocycles. The Morgan fingerprint density at radius 1 is 1.36 bits per heavy atom. The number of benzene rings is 1. The summed E-state index contributed by atoms with van der Waals surface area (Å²) in [7, 11) is 0. The zero-order valence-corrected chi connectivity index (χ0v) is 14.5. The second-order valence-corrected chi connectivity index (χ2v) is 7.61. The van der Waals surface area contributed by atoms with Gasteiger partial charge in [0.05, 0.1) is 5.25 Å². The number of hydrogen-bond donors (Lipinski definition) is 1. The predicted molar refractivity (Wildman–Crippen MR) is 88.0 cm³/mol. The number of aromatic nitrogens is 2. The first-order valence-corrected chi connectivity index (χ1v) is 8.08. The van der Waals surface area contributed by atoms with Gasteiger partial charge in [-0.05, 0) is 45.9 Å². The average molecular weight is 340 g/mol. The third-order valence-electron chi connectivity index (χ3n) is 2.62. The van der Waals surface area contributed by atoms with Crippen molar-refractivity contribution in [3.05, 3.63) is 29.3 Å². The Hall–Kier alpha value is -1.53.